The summed E-state index contributed by atoms with van der Waals surface area (Å²) in [4.78, 5) is 28.5. The van der Waals surface area contributed by atoms with Gasteiger partial charge in [0.25, 0.3) is 5.91 Å². The van der Waals surface area contributed by atoms with Gasteiger partial charge in [-0.25, -0.2) is 4.99 Å². The van der Waals surface area contributed by atoms with Crippen LogP contribution in [0.4, 0.5) is 0 Å². The Balaban J connectivity index is 1.79. The van der Waals surface area contributed by atoms with Gasteiger partial charge in [0.2, 0.25) is 11.9 Å². The lowest BCUT2D eigenvalue weighted by Gasteiger charge is -2.21. The van der Waals surface area contributed by atoms with Crippen molar-refractivity contribution >= 4 is 33.7 Å². The number of hydrogen-bond donors (Lipinski definition) is 2. The van der Waals surface area contributed by atoms with Crippen molar-refractivity contribution in [3.8, 4) is 0 Å². The first-order chi connectivity index (χ1) is 11.1. The molecule has 116 valence electrons. The fourth-order valence-corrected chi connectivity index (χ4v) is 2.57. The van der Waals surface area contributed by atoms with Crippen molar-refractivity contribution in [2.45, 2.75) is 12.5 Å². The molecule has 2 amide bonds. The third-order valence-electron chi connectivity index (χ3n) is 3.44. The molecule has 2 aromatic rings. The lowest BCUT2D eigenvalue weighted by molar-refractivity contribution is -0.120. The molecule has 1 atom stereocenters. The van der Waals surface area contributed by atoms with Crippen LogP contribution < -0.4 is 10.6 Å². The van der Waals surface area contributed by atoms with Crippen molar-refractivity contribution in [3.05, 3.63) is 70.2 Å². The molecule has 6 heteroatoms. The number of nitrogens with one attached hydrogen (secondary N) is 2. The molecule has 0 saturated carbocycles. The average molecular weight is 372 g/mol. The summed E-state index contributed by atoms with van der Waals surface area (Å²) < 4.78 is 0.961. The number of guanidine groups is 1. The fourth-order valence-electron chi connectivity index (χ4n) is 2.30. The number of rotatable bonds is 2. The van der Waals surface area contributed by atoms with Crippen LogP contribution in [0.1, 0.15) is 28.4 Å². The molecule has 0 radical (unpaired) electrons. The highest BCUT2D eigenvalue weighted by Gasteiger charge is 2.23. The van der Waals surface area contributed by atoms with Crippen LogP contribution in [0.5, 0.6) is 0 Å². The normalized spacial score (nSPS) is 17.2. The molecule has 1 aliphatic heterocycles. The average Bonchev–Trinajstić information content (AvgIpc) is 2.56. The molecule has 0 saturated heterocycles. The molecule has 2 aromatic carbocycles. The number of halogens is 1. The van der Waals surface area contributed by atoms with Crippen molar-refractivity contribution < 1.29 is 9.59 Å². The van der Waals surface area contributed by atoms with E-state index in [0.29, 0.717) is 5.56 Å². The molecule has 1 heterocycles. The molecule has 3 rings (SSSR count). The Bertz CT molecular complexity index is 757. The number of benzene rings is 2. The van der Waals surface area contributed by atoms with Crippen LogP contribution >= 0.6 is 15.9 Å². The summed E-state index contributed by atoms with van der Waals surface area (Å²) in [5.74, 6) is -0.291. The van der Waals surface area contributed by atoms with Crippen molar-refractivity contribution in [1.82, 2.24) is 10.6 Å². The number of nitrogens with zero attached hydrogens (tertiary/aromatic N) is 1. The molecule has 23 heavy (non-hydrogen) atoms. The van der Waals surface area contributed by atoms with E-state index in [2.05, 4.69) is 31.6 Å². The summed E-state index contributed by atoms with van der Waals surface area (Å²) in [7, 11) is 0. The zero-order chi connectivity index (χ0) is 16.2. The second kappa shape index (κ2) is 6.75. The van der Waals surface area contributed by atoms with Gasteiger partial charge >= 0.3 is 0 Å². The highest BCUT2D eigenvalue weighted by atomic mass is 79.9. The van der Waals surface area contributed by atoms with Crippen molar-refractivity contribution in [1.29, 1.82) is 0 Å². The van der Waals surface area contributed by atoms with Crippen LogP contribution in [0.3, 0.4) is 0 Å². The second-order valence-corrected chi connectivity index (χ2v) is 6.03. The van der Waals surface area contributed by atoms with E-state index in [0.717, 1.165) is 10.0 Å². The number of amides is 2. The first kappa shape index (κ1) is 15.4. The lowest BCUT2D eigenvalue weighted by atomic mass is 10.0. The van der Waals surface area contributed by atoms with Crippen LogP contribution in [0, 0.1) is 0 Å². The summed E-state index contributed by atoms with van der Waals surface area (Å²) in [5.41, 5.74) is 1.43. The molecule has 0 aliphatic carbocycles. The van der Waals surface area contributed by atoms with Crippen molar-refractivity contribution in [2.24, 2.45) is 4.99 Å². The largest absolute Gasteiger partial charge is 0.296 e. The van der Waals surface area contributed by atoms with Gasteiger partial charge in [0.05, 0.1) is 12.5 Å². The van der Waals surface area contributed by atoms with E-state index in [1.807, 2.05) is 30.3 Å². The third kappa shape index (κ3) is 3.84. The monoisotopic (exact) mass is 371 g/mol. The Kier molecular flexibility index (Phi) is 4.52. The van der Waals surface area contributed by atoms with E-state index in [-0.39, 0.29) is 30.2 Å². The molecule has 0 spiro atoms. The predicted octanol–water partition coefficient (Wildman–Crippen LogP) is 2.80. The van der Waals surface area contributed by atoms with Crippen molar-refractivity contribution in [3.63, 3.8) is 0 Å². The minimum atomic E-state index is -0.305. The number of carbonyl (C=O) groups is 2. The smallest absolute Gasteiger partial charge is 0.257 e. The molecule has 0 unspecified atom stereocenters. The summed E-state index contributed by atoms with van der Waals surface area (Å²) in [6.45, 7) is 0. The van der Waals surface area contributed by atoms with E-state index in [4.69, 9.17) is 0 Å². The molecular weight excluding hydrogens is 358 g/mol. The van der Waals surface area contributed by atoms with E-state index in [9.17, 15) is 9.59 Å². The highest BCUT2D eigenvalue weighted by Crippen LogP contribution is 2.24. The summed E-state index contributed by atoms with van der Waals surface area (Å²) in [6, 6.07) is 16.1. The van der Waals surface area contributed by atoms with E-state index in [1.54, 1.807) is 24.3 Å². The van der Waals surface area contributed by atoms with Gasteiger partial charge in [-0.3, -0.25) is 20.2 Å². The van der Waals surface area contributed by atoms with Crippen LogP contribution in [-0.4, -0.2) is 17.8 Å². The third-order valence-corrected chi connectivity index (χ3v) is 3.97. The second-order valence-electron chi connectivity index (χ2n) is 5.12. The van der Waals surface area contributed by atoms with Gasteiger partial charge < -0.3 is 0 Å². The SMILES string of the molecule is O=C1C[C@@H](c2ccc(Br)cc2)N=C(NC(=O)c2ccccc2)N1. The Hall–Kier alpha value is -2.47. The zero-order valence-corrected chi connectivity index (χ0v) is 13.7. The Labute approximate surface area is 141 Å². The first-order valence-corrected chi connectivity index (χ1v) is 7.90. The Morgan fingerprint density at radius 2 is 1.83 bits per heavy atom. The molecular formula is C17H14BrN3O2. The zero-order valence-electron chi connectivity index (χ0n) is 12.1. The van der Waals surface area contributed by atoms with Gasteiger partial charge in [-0.05, 0) is 29.8 Å². The van der Waals surface area contributed by atoms with E-state index in [1.165, 1.54) is 0 Å². The van der Waals surface area contributed by atoms with E-state index >= 15 is 0 Å². The number of carbonyl (C=O) groups excluding carboxylic acids is 2. The minimum absolute atomic E-state index is 0.170. The predicted molar refractivity (Wildman–Crippen MR) is 91.0 cm³/mol. The van der Waals surface area contributed by atoms with Gasteiger partial charge in [0, 0.05) is 10.0 Å². The first-order valence-electron chi connectivity index (χ1n) is 7.11. The van der Waals surface area contributed by atoms with Gasteiger partial charge in [-0.2, -0.15) is 0 Å². The van der Waals surface area contributed by atoms with E-state index < -0.39 is 0 Å². The van der Waals surface area contributed by atoms with Crippen LogP contribution in [-0.2, 0) is 4.79 Å². The van der Waals surface area contributed by atoms with Crippen LogP contribution in [0.2, 0.25) is 0 Å². The molecule has 5 nitrogen and oxygen atoms in total. The van der Waals surface area contributed by atoms with Crippen LogP contribution in [0.15, 0.2) is 64.1 Å². The Morgan fingerprint density at radius 1 is 1.13 bits per heavy atom. The molecule has 2 N–H and O–H groups in total. The maximum absolute atomic E-state index is 12.2. The number of aliphatic imine (C=N–C) groups is 1. The number of hydrogen-bond acceptors (Lipinski definition) is 3. The maximum atomic E-state index is 12.2. The Morgan fingerprint density at radius 3 is 2.52 bits per heavy atom. The molecule has 0 aromatic heterocycles. The summed E-state index contributed by atoms with van der Waals surface area (Å²) >= 11 is 3.38. The van der Waals surface area contributed by atoms with Gasteiger partial charge in [0.1, 0.15) is 0 Å². The van der Waals surface area contributed by atoms with Crippen LogP contribution in [0.25, 0.3) is 0 Å². The molecule has 0 fully saturated rings. The van der Waals surface area contributed by atoms with Gasteiger partial charge in [-0.1, -0.05) is 46.3 Å². The highest BCUT2D eigenvalue weighted by molar-refractivity contribution is 9.10. The summed E-state index contributed by atoms with van der Waals surface area (Å²) in [5, 5.41) is 5.24. The minimum Gasteiger partial charge on any atom is -0.296 e. The van der Waals surface area contributed by atoms with Gasteiger partial charge in [-0.15, -0.1) is 0 Å². The fraction of sp³-hybridized carbons (Fsp3) is 0.118. The standard InChI is InChI=1S/C17H14BrN3O2/c18-13-8-6-11(7-9-13)14-10-15(22)20-17(19-14)21-16(23)12-4-2-1-3-5-12/h1-9,14H,10H2,(H2,19,20,21,22,23)/t14-/m0/s1. The topological polar surface area (TPSA) is 70.6 Å². The lowest BCUT2D eigenvalue weighted by Crippen LogP contribution is -2.46. The quantitative estimate of drug-likeness (QED) is 0.851. The van der Waals surface area contributed by atoms with Gasteiger partial charge in [0.15, 0.2) is 0 Å². The molecule has 0 bridgehead atoms. The maximum Gasteiger partial charge on any atom is 0.257 e. The molecule has 1 aliphatic rings. The summed E-state index contributed by atoms with van der Waals surface area (Å²) in [6.07, 6.45) is 0.256. The van der Waals surface area contributed by atoms with Crippen molar-refractivity contribution in [2.75, 3.05) is 0 Å².